The van der Waals surface area contributed by atoms with Crippen molar-refractivity contribution in [3.05, 3.63) is 58.4 Å². The van der Waals surface area contributed by atoms with Gasteiger partial charge in [0.1, 0.15) is 0 Å². The number of rotatable bonds is 5. The van der Waals surface area contributed by atoms with Gasteiger partial charge in [-0.25, -0.2) is 0 Å². The van der Waals surface area contributed by atoms with E-state index in [1.165, 1.54) is 13.2 Å². The molecule has 150 valence electrons. The van der Waals surface area contributed by atoms with Crippen LogP contribution in [-0.4, -0.2) is 69.6 Å². The fourth-order valence-corrected chi connectivity index (χ4v) is 3.01. The van der Waals surface area contributed by atoms with E-state index in [1.54, 1.807) is 24.3 Å². The maximum atomic E-state index is 12.9. The van der Waals surface area contributed by atoms with Gasteiger partial charge in [0.2, 0.25) is 6.29 Å². The number of hydrogen-bond donors (Lipinski definition) is 1. The SMILES string of the molecule is COC1OC(C(=O)NCC[N+](C)(C)C)=CC2=C1C(=O)c1ccccc1C2=O.Cl. The molecular formula is C20H24ClN2O5+. The number of Topliss-reactive ketones (excluding diaryl/α,β-unsaturated/α-hetero) is 2. The Bertz CT molecular complexity index is 883. The number of nitrogens with one attached hydrogen (secondary N) is 1. The van der Waals surface area contributed by atoms with E-state index in [9.17, 15) is 14.4 Å². The zero-order valence-corrected chi connectivity index (χ0v) is 17.1. The number of fused-ring (bicyclic) bond motifs is 1. The average Bonchev–Trinajstić information content (AvgIpc) is 2.63. The Labute approximate surface area is 170 Å². The number of quaternary nitrogens is 1. The first-order chi connectivity index (χ1) is 12.7. The molecular weight excluding hydrogens is 384 g/mol. The number of hydrogen-bond acceptors (Lipinski definition) is 5. The van der Waals surface area contributed by atoms with Gasteiger partial charge in [-0.2, -0.15) is 0 Å². The van der Waals surface area contributed by atoms with Gasteiger partial charge in [0.25, 0.3) is 5.91 Å². The van der Waals surface area contributed by atoms with Crippen LogP contribution in [0.3, 0.4) is 0 Å². The van der Waals surface area contributed by atoms with E-state index in [-0.39, 0.29) is 40.9 Å². The number of carbonyl (C=O) groups is 3. The monoisotopic (exact) mass is 407 g/mol. The van der Waals surface area contributed by atoms with Crippen LogP contribution in [0.4, 0.5) is 0 Å². The summed E-state index contributed by atoms with van der Waals surface area (Å²) in [4.78, 5) is 38.2. The molecule has 3 rings (SSSR count). The van der Waals surface area contributed by atoms with E-state index in [4.69, 9.17) is 9.47 Å². The summed E-state index contributed by atoms with van der Waals surface area (Å²) in [6, 6.07) is 6.60. The van der Waals surface area contributed by atoms with Crippen LogP contribution < -0.4 is 5.32 Å². The molecule has 0 bridgehead atoms. The molecule has 1 heterocycles. The number of ketones is 2. The zero-order chi connectivity index (χ0) is 19.8. The van der Waals surface area contributed by atoms with Gasteiger partial charge in [0.05, 0.1) is 39.8 Å². The summed E-state index contributed by atoms with van der Waals surface area (Å²) in [5.74, 6) is -1.13. The molecule has 1 aliphatic heterocycles. The highest BCUT2D eigenvalue weighted by Gasteiger charge is 2.40. The number of methoxy groups -OCH3 is 1. The van der Waals surface area contributed by atoms with Crippen LogP contribution in [0.5, 0.6) is 0 Å². The van der Waals surface area contributed by atoms with Crippen LogP contribution in [0.1, 0.15) is 20.7 Å². The van der Waals surface area contributed by atoms with E-state index in [0.29, 0.717) is 22.2 Å². The summed E-state index contributed by atoms with van der Waals surface area (Å²) in [6.45, 7) is 1.17. The van der Waals surface area contributed by atoms with Crippen molar-refractivity contribution in [2.24, 2.45) is 0 Å². The minimum atomic E-state index is -1.10. The minimum Gasteiger partial charge on any atom is -0.455 e. The Kier molecular flexibility index (Phi) is 6.44. The van der Waals surface area contributed by atoms with Gasteiger partial charge in [0.15, 0.2) is 17.3 Å². The van der Waals surface area contributed by atoms with E-state index in [2.05, 4.69) is 5.32 Å². The first kappa shape index (κ1) is 21.8. The van der Waals surface area contributed by atoms with Crippen LogP contribution in [0, 0.1) is 0 Å². The van der Waals surface area contributed by atoms with Crippen LogP contribution in [0.25, 0.3) is 0 Å². The van der Waals surface area contributed by atoms with Gasteiger partial charge in [-0.15, -0.1) is 12.4 Å². The van der Waals surface area contributed by atoms with Crippen LogP contribution in [-0.2, 0) is 14.3 Å². The van der Waals surface area contributed by atoms with Crippen molar-refractivity contribution in [1.82, 2.24) is 5.32 Å². The molecule has 1 aromatic rings. The highest BCUT2D eigenvalue weighted by atomic mass is 35.5. The Morgan fingerprint density at radius 2 is 1.75 bits per heavy atom. The average molecular weight is 408 g/mol. The van der Waals surface area contributed by atoms with Gasteiger partial charge < -0.3 is 19.3 Å². The molecule has 8 heteroatoms. The second-order valence-corrected chi connectivity index (χ2v) is 7.50. The van der Waals surface area contributed by atoms with Crippen molar-refractivity contribution < 1.29 is 28.3 Å². The molecule has 0 saturated heterocycles. The summed E-state index contributed by atoms with van der Waals surface area (Å²) in [7, 11) is 7.42. The summed E-state index contributed by atoms with van der Waals surface area (Å²) in [5.41, 5.74) is 0.910. The lowest BCUT2D eigenvalue weighted by molar-refractivity contribution is -0.869. The predicted molar refractivity (Wildman–Crippen MR) is 105 cm³/mol. The first-order valence-corrected chi connectivity index (χ1v) is 8.65. The summed E-state index contributed by atoms with van der Waals surface area (Å²) in [5, 5.41) is 2.77. The van der Waals surface area contributed by atoms with E-state index >= 15 is 0 Å². The molecule has 2 aliphatic rings. The number of carbonyl (C=O) groups excluding carboxylic acids is 3. The Balaban J connectivity index is 0.00000280. The molecule has 0 radical (unpaired) electrons. The number of allylic oxidation sites excluding steroid dienone is 2. The van der Waals surface area contributed by atoms with Gasteiger partial charge in [-0.3, -0.25) is 14.4 Å². The smallest absolute Gasteiger partial charge is 0.286 e. The Morgan fingerprint density at radius 1 is 1.14 bits per heavy atom. The predicted octanol–water partition coefficient (Wildman–Crippen LogP) is 1.49. The molecule has 0 saturated carbocycles. The number of benzene rings is 1. The second kappa shape index (κ2) is 8.26. The topological polar surface area (TPSA) is 81.7 Å². The minimum absolute atomic E-state index is 0. The molecule has 0 aromatic heterocycles. The molecule has 1 atom stereocenters. The molecule has 1 aromatic carbocycles. The standard InChI is InChI=1S/C20H22N2O5.ClH/c1-22(2,3)10-9-21-19(25)15-11-14-16(20(26-4)27-15)18(24)13-8-6-5-7-12(13)17(14)23;/h5-8,11,20H,9-10H2,1-4H3;1H/p+1. The highest BCUT2D eigenvalue weighted by molar-refractivity contribution is 6.28. The van der Waals surface area contributed by atoms with Gasteiger partial charge in [-0.1, -0.05) is 24.3 Å². The Hall–Kier alpha value is -2.48. The lowest BCUT2D eigenvalue weighted by Crippen LogP contribution is -2.43. The van der Waals surface area contributed by atoms with Crippen molar-refractivity contribution in [2.75, 3.05) is 41.3 Å². The summed E-state index contributed by atoms with van der Waals surface area (Å²) in [6.07, 6.45) is 0.233. The number of amides is 1. The maximum Gasteiger partial charge on any atom is 0.286 e. The molecule has 1 aliphatic carbocycles. The van der Waals surface area contributed by atoms with Crippen LogP contribution >= 0.6 is 12.4 Å². The molecule has 1 amide bonds. The molecule has 0 fully saturated rings. The van der Waals surface area contributed by atoms with Crippen molar-refractivity contribution >= 4 is 29.9 Å². The second-order valence-electron chi connectivity index (χ2n) is 7.50. The fraction of sp³-hybridized carbons (Fsp3) is 0.350. The number of halogens is 1. The molecule has 1 N–H and O–H groups in total. The van der Waals surface area contributed by atoms with E-state index < -0.39 is 12.2 Å². The third kappa shape index (κ3) is 4.16. The van der Waals surface area contributed by atoms with Gasteiger partial charge in [0, 0.05) is 23.8 Å². The highest BCUT2D eigenvalue weighted by Crippen LogP contribution is 2.34. The molecule has 28 heavy (non-hydrogen) atoms. The summed E-state index contributed by atoms with van der Waals surface area (Å²) < 4.78 is 11.5. The largest absolute Gasteiger partial charge is 0.455 e. The van der Waals surface area contributed by atoms with Crippen molar-refractivity contribution in [3.8, 4) is 0 Å². The van der Waals surface area contributed by atoms with Crippen molar-refractivity contribution in [1.29, 1.82) is 0 Å². The van der Waals surface area contributed by atoms with Gasteiger partial charge in [-0.05, 0) is 6.08 Å². The van der Waals surface area contributed by atoms with Crippen LogP contribution in [0.15, 0.2) is 47.2 Å². The summed E-state index contributed by atoms with van der Waals surface area (Å²) >= 11 is 0. The quantitative estimate of drug-likeness (QED) is 0.748. The van der Waals surface area contributed by atoms with E-state index in [0.717, 1.165) is 6.54 Å². The fourth-order valence-electron chi connectivity index (χ4n) is 3.01. The maximum absolute atomic E-state index is 12.9. The molecule has 0 spiro atoms. The number of ether oxygens (including phenoxy) is 2. The normalized spacial score (nSPS) is 18.4. The third-order valence-corrected chi connectivity index (χ3v) is 4.45. The zero-order valence-electron chi connectivity index (χ0n) is 16.3. The molecule has 1 unspecified atom stereocenters. The number of nitrogens with zero attached hydrogens (tertiary/aromatic N) is 1. The van der Waals surface area contributed by atoms with Crippen LogP contribution in [0.2, 0.25) is 0 Å². The lowest BCUT2D eigenvalue weighted by atomic mass is 9.82. The first-order valence-electron chi connectivity index (χ1n) is 8.65. The van der Waals surface area contributed by atoms with Crippen molar-refractivity contribution in [2.45, 2.75) is 6.29 Å². The van der Waals surface area contributed by atoms with Gasteiger partial charge >= 0.3 is 0 Å². The lowest BCUT2D eigenvalue weighted by Gasteiger charge is -2.30. The Morgan fingerprint density at radius 3 is 2.32 bits per heavy atom. The number of likely N-dealkylation sites (N-methyl/N-ethyl adjacent to an activating group) is 1. The third-order valence-electron chi connectivity index (χ3n) is 4.45. The molecule has 7 nitrogen and oxygen atoms in total. The van der Waals surface area contributed by atoms with E-state index in [1.807, 2.05) is 21.1 Å². The van der Waals surface area contributed by atoms with Crippen molar-refractivity contribution in [3.63, 3.8) is 0 Å².